The number of carbonyl (C=O) groups is 3. The summed E-state index contributed by atoms with van der Waals surface area (Å²) in [6.45, 7) is 6.71. The van der Waals surface area contributed by atoms with Gasteiger partial charge in [0.1, 0.15) is 17.3 Å². The lowest BCUT2D eigenvalue weighted by molar-refractivity contribution is -0.137. The standard InChI is InChI=1S/C35H54ClN5O5/c1-5-28(35(46)39-29(20-26-14-10-7-11-15-26)33(44)30(42)18-24(2)3)38-34(45)27(19-25-12-8-6-9-13-25)21-32(43)40(4)16-17-41-22-31(36)37-23-41/h6,8-9,12-13,22-24,26-30,33,42,44H,5,7,10-11,14-21H2,1-4H3,(H,38,45)(H,39,46)/t27?,28-,29?,30-,33+/m0/s1. The van der Waals surface area contributed by atoms with Gasteiger partial charge >= 0.3 is 0 Å². The first-order chi connectivity index (χ1) is 22.0. The molecule has 0 aliphatic heterocycles. The molecule has 2 unspecified atom stereocenters. The minimum Gasteiger partial charge on any atom is -0.390 e. The Morgan fingerprint density at radius 1 is 1.07 bits per heavy atom. The number of halogens is 1. The highest BCUT2D eigenvalue weighted by atomic mass is 35.5. The first-order valence-electron chi connectivity index (χ1n) is 16.9. The molecule has 1 fully saturated rings. The van der Waals surface area contributed by atoms with Crippen molar-refractivity contribution in [3.8, 4) is 0 Å². The Morgan fingerprint density at radius 3 is 2.37 bits per heavy atom. The summed E-state index contributed by atoms with van der Waals surface area (Å²) < 4.78 is 1.80. The maximum absolute atomic E-state index is 13.7. The maximum Gasteiger partial charge on any atom is 0.242 e. The molecule has 46 heavy (non-hydrogen) atoms. The number of aliphatic hydroxyl groups is 2. The van der Waals surface area contributed by atoms with Crippen LogP contribution in [0.25, 0.3) is 0 Å². The van der Waals surface area contributed by atoms with Gasteiger partial charge in [0.2, 0.25) is 17.7 Å². The summed E-state index contributed by atoms with van der Waals surface area (Å²) in [5, 5.41) is 28.2. The Labute approximate surface area is 279 Å². The summed E-state index contributed by atoms with van der Waals surface area (Å²) in [6, 6.07) is 8.03. The zero-order valence-electron chi connectivity index (χ0n) is 27.9. The van der Waals surface area contributed by atoms with E-state index >= 15 is 0 Å². The van der Waals surface area contributed by atoms with Crippen LogP contribution in [0.5, 0.6) is 0 Å². The van der Waals surface area contributed by atoms with E-state index in [0.29, 0.717) is 49.8 Å². The van der Waals surface area contributed by atoms with Crippen molar-refractivity contribution in [1.82, 2.24) is 25.1 Å². The topological polar surface area (TPSA) is 137 Å². The molecule has 1 saturated carbocycles. The minimum atomic E-state index is -1.11. The average molecular weight is 660 g/mol. The van der Waals surface area contributed by atoms with E-state index in [-0.39, 0.29) is 24.2 Å². The zero-order chi connectivity index (χ0) is 33.6. The summed E-state index contributed by atoms with van der Waals surface area (Å²) in [7, 11) is 1.70. The highest BCUT2D eigenvalue weighted by Gasteiger charge is 2.34. The highest BCUT2D eigenvalue weighted by Crippen LogP contribution is 2.29. The van der Waals surface area contributed by atoms with Gasteiger partial charge in [-0.25, -0.2) is 4.98 Å². The number of nitrogens with one attached hydrogen (secondary N) is 2. The number of rotatable bonds is 18. The predicted molar refractivity (Wildman–Crippen MR) is 180 cm³/mol. The van der Waals surface area contributed by atoms with Crippen LogP contribution in [0.4, 0.5) is 0 Å². The number of likely N-dealkylation sites (N-methyl/N-ethyl adjacent to an activating group) is 1. The van der Waals surface area contributed by atoms with Crippen LogP contribution in [0.3, 0.4) is 0 Å². The van der Waals surface area contributed by atoms with Crippen molar-refractivity contribution < 1.29 is 24.6 Å². The van der Waals surface area contributed by atoms with Crippen LogP contribution >= 0.6 is 11.6 Å². The second kappa shape index (κ2) is 19.0. The Hall–Kier alpha value is -2.95. The van der Waals surface area contributed by atoms with Gasteiger partial charge in [0.05, 0.1) is 24.4 Å². The average Bonchev–Trinajstić information content (AvgIpc) is 3.46. The summed E-state index contributed by atoms with van der Waals surface area (Å²) in [4.78, 5) is 46.2. The second-order valence-electron chi connectivity index (χ2n) is 13.4. The van der Waals surface area contributed by atoms with Crippen LogP contribution in [-0.2, 0) is 27.3 Å². The third kappa shape index (κ3) is 12.3. The van der Waals surface area contributed by atoms with Crippen LogP contribution in [0.15, 0.2) is 42.9 Å². The Morgan fingerprint density at radius 2 is 1.76 bits per heavy atom. The van der Waals surface area contributed by atoms with Gasteiger partial charge in [-0.05, 0) is 43.1 Å². The molecule has 0 spiro atoms. The molecular weight excluding hydrogens is 606 g/mol. The van der Waals surface area contributed by atoms with Gasteiger partial charge in [0.25, 0.3) is 0 Å². The number of hydrogen-bond donors (Lipinski definition) is 4. The van der Waals surface area contributed by atoms with Crippen LogP contribution in [-0.4, -0.2) is 80.3 Å². The molecule has 0 bridgehead atoms. The Balaban J connectivity index is 1.69. The van der Waals surface area contributed by atoms with Gasteiger partial charge in [-0.2, -0.15) is 0 Å². The first kappa shape index (κ1) is 37.5. The van der Waals surface area contributed by atoms with Crippen LogP contribution < -0.4 is 10.6 Å². The lowest BCUT2D eigenvalue weighted by Crippen LogP contribution is -2.56. The van der Waals surface area contributed by atoms with Crippen molar-refractivity contribution in [1.29, 1.82) is 0 Å². The molecule has 2 aromatic rings. The van der Waals surface area contributed by atoms with Crippen molar-refractivity contribution in [3.05, 3.63) is 53.6 Å². The molecule has 1 aromatic carbocycles. The number of amides is 3. The van der Waals surface area contributed by atoms with E-state index in [1.165, 1.54) is 6.42 Å². The monoisotopic (exact) mass is 659 g/mol. The van der Waals surface area contributed by atoms with E-state index in [9.17, 15) is 24.6 Å². The van der Waals surface area contributed by atoms with Crippen molar-refractivity contribution in [2.24, 2.45) is 17.8 Å². The molecule has 5 atom stereocenters. The Bertz CT molecular complexity index is 1220. The lowest BCUT2D eigenvalue weighted by atomic mass is 9.82. The molecule has 3 amide bonds. The minimum absolute atomic E-state index is 0.0234. The molecule has 4 N–H and O–H groups in total. The van der Waals surface area contributed by atoms with Crippen molar-refractivity contribution in [2.45, 2.75) is 116 Å². The summed E-state index contributed by atoms with van der Waals surface area (Å²) >= 11 is 5.90. The van der Waals surface area contributed by atoms with Gasteiger partial charge in [-0.15, -0.1) is 0 Å². The SMILES string of the molecule is CC[C@H](NC(=O)C(CC(=O)N(C)CCn1cnc(Cl)c1)Cc1ccccc1)C(=O)NC(CC1CCCCC1)[C@@H](O)[C@@H](O)CC(C)C. The van der Waals surface area contributed by atoms with E-state index < -0.39 is 36.1 Å². The van der Waals surface area contributed by atoms with E-state index in [0.717, 1.165) is 31.2 Å². The molecule has 0 saturated heterocycles. The normalized spacial score (nSPS) is 17.1. The fourth-order valence-electron chi connectivity index (χ4n) is 6.25. The van der Waals surface area contributed by atoms with Gasteiger partial charge in [0.15, 0.2) is 0 Å². The third-order valence-electron chi connectivity index (χ3n) is 9.04. The van der Waals surface area contributed by atoms with Crippen LogP contribution in [0.1, 0.15) is 84.1 Å². The quantitative estimate of drug-likeness (QED) is 0.188. The third-order valence-corrected chi connectivity index (χ3v) is 9.23. The largest absolute Gasteiger partial charge is 0.390 e. The molecule has 1 heterocycles. The van der Waals surface area contributed by atoms with Gasteiger partial charge < -0.3 is 30.3 Å². The summed E-state index contributed by atoms with van der Waals surface area (Å²) in [5.74, 6) is -1.11. The summed E-state index contributed by atoms with van der Waals surface area (Å²) in [5.41, 5.74) is 0.915. The molecule has 11 heteroatoms. The number of aromatic nitrogens is 2. The molecule has 0 radical (unpaired) electrons. The van der Waals surface area contributed by atoms with Crippen LogP contribution in [0.2, 0.25) is 5.15 Å². The molecule has 3 rings (SSSR count). The number of nitrogens with zero attached hydrogens (tertiary/aromatic N) is 3. The molecular formula is C35H54ClN5O5. The highest BCUT2D eigenvalue weighted by molar-refractivity contribution is 6.29. The molecule has 1 aliphatic rings. The van der Waals surface area contributed by atoms with E-state index in [1.54, 1.807) is 29.0 Å². The van der Waals surface area contributed by atoms with Crippen LogP contribution in [0, 0.1) is 17.8 Å². The number of imidazole rings is 1. The fourth-order valence-corrected chi connectivity index (χ4v) is 6.42. The smallest absolute Gasteiger partial charge is 0.242 e. The maximum atomic E-state index is 13.7. The lowest BCUT2D eigenvalue weighted by Gasteiger charge is -2.33. The second-order valence-corrected chi connectivity index (χ2v) is 13.7. The number of hydrogen-bond acceptors (Lipinski definition) is 6. The van der Waals surface area contributed by atoms with Crippen molar-refractivity contribution in [2.75, 3.05) is 13.6 Å². The zero-order valence-corrected chi connectivity index (χ0v) is 28.7. The molecule has 10 nitrogen and oxygen atoms in total. The van der Waals surface area contributed by atoms with Gasteiger partial charge in [-0.3, -0.25) is 14.4 Å². The number of aliphatic hydroxyl groups excluding tert-OH is 2. The van der Waals surface area contributed by atoms with Crippen molar-refractivity contribution >= 4 is 29.3 Å². The first-order valence-corrected chi connectivity index (χ1v) is 17.3. The molecule has 1 aliphatic carbocycles. The van der Waals surface area contributed by atoms with E-state index in [4.69, 9.17) is 11.6 Å². The number of benzene rings is 1. The predicted octanol–water partition coefficient (Wildman–Crippen LogP) is 4.36. The van der Waals surface area contributed by atoms with Gasteiger partial charge in [-0.1, -0.05) is 94.8 Å². The van der Waals surface area contributed by atoms with Crippen molar-refractivity contribution in [3.63, 3.8) is 0 Å². The molecule has 256 valence electrons. The van der Waals surface area contributed by atoms with Gasteiger partial charge in [0, 0.05) is 32.8 Å². The number of carbonyl (C=O) groups excluding carboxylic acids is 3. The van der Waals surface area contributed by atoms with E-state index in [2.05, 4.69) is 15.6 Å². The summed E-state index contributed by atoms with van der Waals surface area (Å²) in [6.07, 6.45) is 8.37. The fraction of sp³-hybridized carbons (Fsp3) is 0.657. The van der Waals surface area contributed by atoms with E-state index in [1.807, 2.05) is 51.1 Å². The molecule has 1 aromatic heterocycles. The Kier molecular flexibility index (Phi) is 15.5.